The van der Waals surface area contributed by atoms with Gasteiger partial charge in [0.05, 0.1) is 11.3 Å². The maximum atomic E-state index is 12.2. The van der Waals surface area contributed by atoms with Gasteiger partial charge in [0.1, 0.15) is 6.17 Å². The predicted molar refractivity (Wildman–Crippen MR) is 99.1 cm³/mol. The fourth-order valence-corrected chi connectivity index (χ4v) is 2.40. The third-order valence-electron chi connectivity index (χ3n) is 3.21. The normalized spacial score (nSPS) is 12.3. The molecule has 0 aliphatic carbocycles. The maximum absolute atomic E-state index is 12.2. The summed E-state index contributed by atoms with van der Waals surface area (Å²) in [5.41, 5.74) is 1.02. The van der Waals surface area contributed by atoms with Gasteiger partial charge in [-0.3, -0.25) is 14.9 Å². The van der Waals surface area contributed by atoms with E-state index in [1.54, 1.807) is 18.2 Å². The molecule has 0 spiro atoms. The number of benzene rings is 2. The monoisotopic (exact) mass is 401 g/mol. The average Bonchev–Trinajstić information content (AvgIpc) is 2.54. The fourth-order valence-electron chi connectivity index (χ4n) is 2.07. The molecule has 0 heterocycles. The molecule has 1 amide bonds. The molecular weight excluding hydrogens is 389 g/mol. The van der Waals surface area contributed by atoms with Crippen molar-refractivity contribution in [3.8, 4) is 0 Å². The van der Waals surface area contributed by atoms with Crippen LogP contribution in [0.25, 0.3) is 0 Å². The molecule has 6 nitrogen and oxygen atoms in total. The molecule has 9 heteroatoms. The van der Waals surface area contributed by atoms with Crippen LogP contribution in [-0.2, 0) is 11.2 Å². The van der Waals surface area contributed by atoms with Crippen LogP contribution in [0.5, 0.6) is 0 Å². The van der Waals surface area contributed by atoms with Crippen LogP contribution in [0.3, 0.4) is 0 Å². The van der Waals surface area contributed by atoms with Gasteiger partial charge in [0, 0.05) is 17.8 Å². The van der Waals surface area contributed by atoms with Crippen molar-refractivity contribution in [3.05, 3.63) is 70.3 Å². The van der Waals surface area contributed by atoms with E-state index >= 15 is 0 Å². The Morgan fingerprint density at radius 1 is 1.12 bits per heavy atom. The number of hydrogen-bond donors (Lipinski definition) is 2. The van der Waals surface area contributed by atoms with E-state index in [9.17, 15) is 14.9 Å². The van der Waals surface area contributed by atoms with Crippen LogP contribution < -0.4 is 10.6 Å². The molecular formula is C16H14Cl3N3O3. The molecule has 0 radical (unpaired) electrons. The number of alkyl halides is 3. The van der Waals surface area contributed by atoms with Gasteiger partial charge < -0.3 is 10.6 Å². The molecule has 0 aliphatic heterocycles. The van der Waals surface area contributed by atoms with Crippen molar-refractivity contribution in [1.82, 2.24) is 5.32 Å². The summed E-state index contributed by atoms with van der Waals surface area (Å²) >= 11 is 17.8. The van der Waals surface area contributed by atoms with Crippen LogP contribution >= 0.6 is 34.8 Å². The van der Waals surface area contributed by atoms with Crippen LogP contribution in [-0.4, -0.2) is 20.8 Å². The summed E-state index contributed by atoms with van der Waals surface area (Å²) in [7, 11) is 0. The molecule has 2 rings (SSSR count). The van der Waals surface area contributed by atoms with Gasteiger partial charge in [0.25, 0.3) is 5.69 Å². The number of anilines is 1. The van der Waals surface area contributed by atoms with Crippen molar-refractivity contribution < 1.29 is 9.72 Å². The molecule has 0 saturated carbocycles. The molecule has 0 aromatic heterocycles. The second kappa shape index (κ2) is 8.38. The van der Waals surface area contributed by atoms with E-state index in [0.29, 0.717) is 5.69 Å². The molecule has 132 valence electrons. The highest BCUT2D eigenvalue weighted by atomic mass is 35.6. The Morgan fingerprint density at radius 3 is 2.40 bits per heavy atom. The lowest BCUT2D eigenvalue weighted by Crippen LogP contribution is -2.49. The highest BCUT2D eigenvalue weighted by Crippen LogP contribution is 2.31. The van der Waals surface area contributed by atoms with Gasteiger partial charge in [-0.2, -0.15) is 0 Å². The van der Waals surface area contributed by atoms with Gasteiger partial charge in [0.2, 0.25) is 9.70 Å². The van der Waals surface area contributed by atoms with E-state index in [1.807, 2.05) is 18.2 Å². The molecule has 0 unspecified atom stereocenters. The van der Waals surface area contributed by atoms with Crippen LogP contribution in [0.1, 0.15) is 5.56 Å². The van der Waals surface area contributed by atoms with E-state index in [2.05, 4.69) is 10.6 Å². The Kier molecular flexibility index (Phi) is 6.47. The summed E-state index contributed by atoms with van der Waals surface area (Å²) in [6, 6.07) is 14.8. The Balaban J connectivity index is 2.10. The minimum absolute atomic E-state index is 0.106. The average molecular weight is 403 g/mol. The topological polar surface area (TPSA) is 84.3 Å². The quantitative estimate of drug-likeness (QED) is 0.330. The number of nitrogens with zero attached hydrogens (tertiary/aromatic N) is 1. The van der Waals surface area contributed by atoms with Gasteiger partial charge in [-0.1, -0.05) is 71.2 Å². The third kappa shape index (κ3) is 6.08. The van der Waals surface area contributed by atoms with Crippen molar-refractivity contribution in [3.63, 3.8) is 0 Å². The molecule has 2 aromatic carbocycles. The van der Waals surface area contributed by atoms with Crippen LogP contribution in [0.15, 0.2) is 54.6 Å². The predicted octanol–water partition coefficient (Wildman–Crippen LogP) is 4.06. The SMILES string of the molecule is O=C(Cc1ccccc1)N[C@@H](Nc1cccc([N+](=O)[O-])c1)C(Cl)(Cl)Cl. The number of hydrogen-bond acceptors (Lipinski definition) is 4. The van der Waals surface area contributed by atoms with Gasteiger partial charge in [-0.05, 0) is 11.6 Å². The van der Waals surface area contributed by atoms with Gasteiger partial charge in [-0.15, -0.1) is 0 Å². The number of rotatable bonds is 6. The lowest BCUT2D eigenvalue weighted by molar-refractivity contribution is -0.384. The molecule has 2 aromatic rings. The van der Waals surface area contributed by atoms with Crippen LogP contribution in [0.4, 0.5) is 11.4 Å². The minimum atomic E-state index is -1.86. The summed E-state index contributed by atoms with van der Waals surface area (Å²) in [6.07, 6.45) is -0.968. The number of amides is 1. The van der Waals surface area contributed by atoms with Gasteiger partial charge in [-0.25, -0.2) is 0 Å². The third-order valence-corrected chi connectivity index (χ3v) is 3.86. The zero-order chi connectivity index (χ0) is 18.4. The Morgan fingerprint density at radius 2 is 1.80 bits per heavy atom. The van der Waals surface area contributed by atoms with Crippen molar-refractivity contribution in [2.45, 2.75) is 16.4 Å². The molecule has 0 bridgehead atoms. The van der Waals surface area contributed by atoms with Crippen molar-refractivity contribution in [1.29, 1.82) is 0 Å². The Bertz CT molecular complexity index is 751. The zero-order valence-corrected chi connectivity index (χ0v) is 15.1. The highest BCUT2D eigenvalue weighted by Gasteiger charge is 2.34. The van der Waals surface area contributed by atoms with Crippen molar-refractivity contribution in [2.24, 2.45) is 0 Å². The summed E-state index contributed by atoms with van der Waals surface area (Å²) < 4.78 is -1.86. The van der Waals surface area contributed by atoms with E-state index < -0.39 is 14.9 Å². The van der Waals surface area contributed by atoms with E-state index in [-0.39, 0.29) is 18.0 Å². The Hall–Kier alpha value is -2.02. The first-order valence-electron chi connectivity index (χ1n) is 7.17. The zero-order valence-electron chi connectivity index (χ0n) is 12.8. The molecule has 0 saturated heterocycles. The number of non-ortho nitro benzene ring substituents is 1. The highest BCUT2D eigenvalue weighted by molar-refractivity contribution is 6.68. The molecule has 2 N–H and O–H groups in total. The van der Waals surface area contributed by atoms with Gasteiger partial charge >= 0.3 is 0 Å². The number of nitro groups is 1. The number of carbonyl (C=O) groups excluding carboxylic acids is 1. The second-order valence-electron chi connectivity index (χ2n) is 5.16. The van der Waals surface area contributed by atoms with Crippen molar-refractivity contribution >= 4 is 52.1 Å². The standard InChI is InChI=1S/C16H14Cl3N3O3/c17-16(18,19)15(20-12-7-4-8-13(10-12)22(24)25)21-14(23)9-11-5-2-1-3-6-11/h1-8,10,15,20H,9H2,(H,21,23)/t15-/m1/s1. The van der Waals surface area contributed by atoms with Crippen LogP contribution in [0, 0.1) is 10.1 Å². The summed E-state index contributed by atoms with van der Waals surface area (Å²) in [5, 5.41) is 16.2. The summed E-state index contributed by atoms with van der Waals surface area (Å²) in [4.78, 5) is 22.5. The fraction of sp³-hybridized carbons (Fsp3) is 0.188. The lowest BCUT2D eigenvalue weighted by Gasteiger charge is -2.27. The van der Waals surface area contributed by atoms with Crippen molar-refractivity contribution in [2.75, 3.05) is 5.32 Å². The first kappa shape index (κ1) is 19.3. The summed E-state index contributed by atoms with van der Waals surface area (Å²) in [6.45, 7) is 0. The molecule has 0 fully saturated rings. The van der Waals surface area contributed by atoms with Crippen LogP contribution in [0.2, 0.25) is 0 Å². The number of nitrogens with one attached hydrogen (secondary N) is 2. The maximum Gasteiger partial charge on any atom is 0.271 e. The largest absolute Gasteiger partial charge is 0.362 e. The van der Waals surface area contributed by atoms with E-state index in [0.717, 1.165) is 5.56 Å². The molecule has 25 heavy (non-hydrogen) atoms. The van der Waals surface area contributed by atoms with E-state index in [1.165, 1.54) is 18.2 Å². The number of halogens is 3. The first-order chi connectivity index (χ1) is 11.8. The Labute approximate surface area is 159 Å². The molecule has 1 atom stereocenters. The molecule has 0 aliphatic rings. The summed E-state index contributed by atoms with van der Waals surface area (Å²) in [5.74, 6) is -0.361. The first-order valence-corrected chi connectivity index (χ1v) is 8.30. The smallest absolute Gasteiger partial charge is 0.271 e. The van der Waals surface area contributed by atoms with E-state index in [4.69, 9.17) is 34.8 Å². The second-order valence-corrected chi connectivity index (χ2v) is 7.53. The van der Waals surface area contributed by atoms with Gasteiger partial charge in [0.15, 0.2) is 0 Å². The number of nitro benzene ring substituents is 1. The lowest BCUT2D eigenvalue weighted by atomic mass is 10.1. The minimum Gasteiger partial charge on any atom is -0.362 e. The number of carbonyl (C=O) groups is 1.